The molecule has 7 heteroatoms. The van der Waals surface area contributed by atoms with E-state index in [1.807, 2.05) is 24.3 Å². The minimum atomic E-state index is -3.72. The van der Waals surface area contributed by atoms with E-state index in [9.17, 15) is 12.8 Å². The van der Waals surface area contributed by atoms with E-state index < -0.39 is 15.8 Å². The van der Waals surface area contributed by atoms with Gasteiger partial charge in [-0.2, -0.15) is 0 Å². The average Bonchev–Trinajstić information content (AvgIpc) is 2.65. The molecule has 0 bridgehead atoms. The maximum atomic E-state index is 13.4. The van der Waals surface area contributed by atoms with Crippen LogP contribution in [0.2, 0.25) is 0 Å². The van der Waals surface area contributed by atoms with Gasteiger partial charge in [-0.3, -0.25) is 0 Å². The van der Waals surface area contributed by atoms with Gasteiger partial charge in [0.2, 0.25) is 10.0 Å². The van der Waals surface area contributed by atoms with E-state index in [-0.39, 0.29) is 11.4 Å². The molecule has 0 radical (unpaired) electrons. The second-order valence-corrected chi connectivity index (χ2v) is 8.06. The molecule has 0 spiro atoms. The number of sulfonamides is 1. The Bertz CT molecular complexity index is 848. The first-order chi connectivity index (χ1) is 12.5. The maximum Gasteiger partial charge on any atom is 0.240 e. The molecule has 0 saturated carbocycles. The zero-order valence-electron chi connectivity index (χ0n) is 14.7. The fraction of sp³-hybridized carbons (Fsp3) is 0.368. The molecule has 0 atom stereocenters. The van der Waals surface area contributed by atoms with Crippen molar-refractivity contribution >= 4 is 15.7 Å². The minimum absolute atomic E-state index is 0.0137. The van der Waals surface area contributed by atoms with E-state index in [2.05, 4.69) is 9.62 Å². The van der Waals surface area contributed by atoms with E-state index in [0.29, 0.717) is 12.0 Å². The molecule has 0 aliphatic carbocycles. The lowest BCUT2D eigenvalue weighted by Gasteiger charge is -2.28. The van der Waals surface area contributed by atoms with Crippen LogP contribution in [-0.4, -0.2) is 41.3 Å². The van der Waals surface area contributed by atoms with Crippen LogP contribution < -0.4 is 9.62 Å². The molecular formula is C19H23FN2O3S. The first-order valence-corrected chi connectivity index (χ1v) is 10.1. The zero-order valence-corrected chi connectivity index (χ0v) is 15.6. The summed E-state index contributed by atoms with van der Waals surface area (Å²) in [6, 6.07) is 11.9. The van der Waals surface area contributed by atoms with Crippen LogP contribution in [0.5, 0.6) is 0 Å². The van der Waals surface area contributed by atoms with Gasteiger partial charge in [0.1, 0.15) is 5.82 Å². The first-order valence-electron chi connectivity index (χ1n) is 8.63. The van der Waals surface area contributed by atoms with Gasteiger partial charge in [0, 0.05) is 25.3 Å². The van der Waals surface area contributed by atoms with Crippen molar-refractivity contribution in [2.24, 2.45) is 0 Å². The summed E-state index contributed by atoms with van der Waals surface area (Å²) in [5.74, 6) is -0.560. The zero-order chi connectivity index (χ0) is 18.6. The predicted octanol–water partition coefficient (Wildman–Crippen LogP) is 2.49. The van der Waals surface area contributed by atoms with Crippen molar-refractivity contribution in [3.8, 4) is 0 Å². The molecule has 2 aromatic carbocycles. The normalized spacial score (nSPS) is 15.2. The molecule has 1 N–H and O–H groups in total. The van der Waals surface area contributed by atoms with E-state index in [4.69, 9.17) is 4.74 Å². The summed E-state index contributed by atoms with van der Waals surface area (Å²) in [5.41, 5.74) is 2.71. The van der Waals surface area contributed by atoms with Gasteiger partial charge in [-0.1, -0.05) is 18.2 Å². The number of aryl methyl sites for hydroxylation is 1. The van der Waals surface area contributed by atoms with Crippen molar-refractivity contribution < 1.29 is 17.5 Å². The van der Waals surface area contributed by atoms with Crippen molar-refractivity contribution in [2.75, 3.05) is 37.7 Å². The molecule has 1 heterocycles. The standard InChI is InChI=1S/C19H23FN2O3S/c1-15-2-5-17(20)14-19(15)26(23,24)21-9-8-16-3-6-18(7-4-16)22-10-12-25-13-11-22/h2-7,14,21H,8-13H2,1H3. The molecule has 0 aromatic heterocycles. The number of anilines is 1. The number of rotatable bonds is 6. The fourth-order valence-electron chi connectivity index (χ4n) is 2.97. The van der Waals surface area contributed by atoms with Crippen LogP contribution in [0.3, 0.4) is 0 Å². The van der Waals surface area contributed by atoms with Crippen LogP contribution in [-0.2, 0) is 21.2 Å². The lowest BCUT2D eigenvalue weighted by molar-refractivity contribution is 0.122. The molecule has 1 aliphatic heterocycles. The topological polar surface area (TPSA) is 58.6 Å². The van der Waals surface area contributed by atoms with Crippen molar-refractivity contribution in [3.05, 3.63) is 59.4 Å². The monoisotopic (exact) mass is 378 g/mol. The van der Waals surface area contributed by atoms with E-state index >= 15 is 0 Å². The van der Waals surface area contributed by atoms with Crippen LogP contribution in [0.25, 0.3) is 0 Å². The van der Waals surface area contributed by atoms with Gasteiger partial charge in [-0.15, -0.1) is 0 Å². The molecule has 0 unspecified atom stereocenters. The predicted molar refractivity (Wildman–Crippen MR) is 99.5 cm³/mol. The third-order valence-corrected chi connectivity index (χ3v) is 6.06. The summed E-state index contributed by atoms with van der Waals surface area (Å²) >= 11 is 0. The van der Waals surface area contributed by atoms with E-state index in [0.717, 1.165) is 43.6 Å². The van der Waals surface area contributed by atoms with Crippen molar-refractivity contribution in [3.63, 3.8) is 0 Å². The van der Waals surface area contributed by atoms with Gasteiger partial charge >= 0.3 is 0 Å². The Morgan fingerprint density at radius 3 is 2.50 bits per heavy atom. The lowest BCUT2D eigenvalue weighted by atomic mass is 10.1. The van der Waals surface area contributed by atoms with Gasteiger partial charge < -0.3 is 9.64 Å². The molecule has 1 saturated heterocycles. The Morgan fingerprint density at radius 2 is 1.81 bits per heavy atom. The molecule has 3 rings (SSSR count). The Hall–Kier alpha value is -1.96. The van der Waals surface area contributed by atoms with Crippen LogP contribution in [0.15, 0.2) is 47.4 Å². The van der Waals surface area contributed by atoms with Crippen molar-refractivity contribution in [1.82, 2.24) is 4.72 Å². The smallest absolute Gasteiger partial charge is 0.240 e. The number of nitrogens with zero attached hydrogens (tertiary/aromatic N) is 1. The summed E-state index contributed by atoms with van der Waals surface area (Å²) in [4.78, 5) is 2.25. The highest BCUT2D eigenvalue weighted by atomic mass is 32.2. The first kappa shape index (κ1) is 18.8. The number of morpholine rings is 1. The van der Waals surface area contributed by atoms with Gasteiger partial charge in [-0.05, 0) is 48.7 Å². The van der Waals surface area contributed by atoms with Gasteiger partial charge in [0.15, 0.2) is 0 Å². The Morgan fingerprint density at radius 1 is 1.12 bits per heavy atom. The molecule has 1 aliphatic rings. The maximum absolute atomic E-state index is 13.4. The average molecular weight is 378 g/mol. The van der Waals surface area contributed by atoms with Gasteiger partial charge in [0.25, 0.3) is 0 Å². The molecule has 0 amide bonds. The fourth-order valence-corrected chi connectivity index (χ4v) is 4.25. The van der Waals surface area contributed by atoms with Crippen LogP contribution in [0.4, 0.5) is 10.1 Å². The Kier molecular flexibility index (Phi) is 5.90. The minimum Gasteiger partial charge on any atom is -0.378 e. The summed E-state index contributed by atoms with van der Waals surface area (Å²) in [6.07, 6.45) is 0.566. The SMILES string of the molecule is Cc1ccc(F)cc1S(=O)(=O)NCCc1ccc(N2CCOCC2)cc1. The second kappa shape index (κ2) is 8.16. The number of ether oxygens (including phenoxy) is 1. The highest BCUT2D eigenvalue weighted by molar-refractivity contribution is 7.89. The number of halogens is 1. The van der Waals surface area contributed by atoms with Crippen LogP contribution >= 0.6 is 0 Å². The quantitative estimate of drug-likeness (QED) is 0.839. The molecule has 26 heavy (non-hydrogen) atoms. The number of hydrogen-bond acceptors (Lipinski definition) is 4. The molecule has 1 fully saturated rings. The molecular weight excluding hydrogens is 355 g/mol. The van der Waals surface area contributed by atoms with Crippen LogP contribution in [0.1, 0.15) is 11.1 Å². The van der Waals surface area contributed by atoms with Crippen molar-refractivity contribution in [2.45, 2.75) is 18.2 Å². The van der Waals surface area contributed by atoms with Crippen LogP contribution in [0, 0.1) is 12.7 Å². The third kappa shape index (κ3) is 4.60. The summed E-state index contributed by atoms with van der Waals surface area (Å²) in [7, 11) is -3.72. The molecule has 140 valence electrons. The number of benzene rings is 2. The largest absolute Gasteiger partial charge is 0.378 e. The number of nitrogens with one attached hydrogen (secondary N) is 1. The number of hydrogen-bond donors (Lipinski definition) is 1. The van der Waals surface area contributed by atoms with Crippen molar-refractivity contribution in [1.29, 1.82) is 0 Å². The Labute approximate surface area is 153 Å². The highest BCUT2D eigenvalue weighted by Gasteiger charge is 2.17. The highest BCUT2D eigenvalue weighted by Crippen LogP contribution is 2.18. The summed E-state index contributed by atoms with van der Waals surface area (Å²) in [5, 5.41) is 0. The van der Waals surface area contributed by atoms with Gasteiger partial charge in [-0.25, -0.2) is 17.5 Å². The summed E-state index contributed by atoms with van der Waals surface area (Å²) in [6.45, 7) is 5.15. The molecule has 5 nitrogen and oxygen atoms in total. The molecule has 2 aromatic rings. The van der Waals surface area contributed by atoms with E-state index in [1.54, 1.807) is 6.92 Å². The van der Waals surface area contributed by atoms with E-state index in [1.165, 1.54) is 12.1 Å². The lowest BCUT2D eigenvalue weighted by Crippen LogP contribution is -2.36. The third-order valence-electron chi connectivity index (χ3n) is 4.46. The second-order valence-electron chi connectivity index (χ2n) is 6.32. The Balaban J connectivity index is 1.58. The van der Waals surface area contributed by atoms with Gasteiger partial charge in [0.05, 0.1) is 18.1 Å². The summed E-state index contributed by atoms with van der Waals surface area (Å²) < 4.78 is 46.0.